The molecule has 0 amide bonds. The van der Waals surface area contributed by atoms with Crippen molar-refractivity contribution in [3.05, 3.63) is 18.7 Å². The highest BCUT2D eigenvalue weighted by molar-refractivity contribution is 5.71. The molecule has 0 fully saturated rings. The Bertz CT molecular complexity index is 319. The maximum atomic E-state index is 5.33. The second-order valence-corrected chi connectivity index (χ2v) is 1.91. The number of aromatic nitrogens is 4. The van der Waals surface area contributed by atoms with Crippen LogP contribution in [0.1, 0.15) is 0 Å². The minimum atomic E-state index is 0.623. The van der Waals surface area contributed by atoms with Gasteiger partial charge in [0.05, 0.1) is 11.6 Å². The molecule has 0 unspecified atom stereocenters. The molecule has 2 aromatic rings. The third kappa shape index (κ3) is 0.604. The first-order chi connectivity index (χ1) is 4.86. The molecule has 2 aromatic heterocycles. The molecule has 10 heavy (non-hydrogen) atoms. The summed E-state index contributed by atoms with van der Waals surface area (Å²) in [7, 11) is 0. The molecule has 0 radical (unpaired) electrons. The van der Waals surface area contributed by atoms with Gasteiger partial charge in [-0.25, -0.2) is 9.97 Å². The molecule has 2 rings (SSSR count). The van der Waals surface area contributed by atoms with Gasteiger partial charge in [0.15, 0.2) is 5.65 Å². The van der Waals surface area contributed by atoms with Gasteiger partial charge in [0.25, 0.3) is 0 Å². The lowest BCUT2D eigenvalue weighted by Crippen LogP contribution is -2.07. The number of rotatable bonds is 0. The fourth-order valence-corrected chi connectivity index (χ4v) is 0.789. The van der Waals surface area contributed by atoms with E-state index in [1.165, 1.54) is 11.1 Å². The largest absolute Gasteiger partial charge is 0.323 e. The van der Waals surface area contributed by atoms with E-state index in [4.69, 9.17) is 5.84 Å². The molecule has 0 aromatic carbocycles. The summed E-state index contributed by atoms with van der Waals surface area (Å²) in [4.78, 5) is 8.91. The van der Waals surface area contributed by atoms with Gasteiger partial charge < -0.3 is 5.84 Å². The van der Waals surface area contributed by atoms with E-state index in [0.29, 0.717) is 5.65 Å². The van der Waals surface area contributed by atoms with E-state index in [1.54, 1.807) is 12.4 Å². The van der Waals surface area contributed by atoms with Crippen LogP contribution in [0.2, 0.25) is 0 Å². The zero-order valence-corrected chi connectivity index (χ0v) is 5.10. The predicted molar refractivity (Wildman–Crippen MR) is 35.5 cm³/mol. The van der Waals surface area contributed by atoms with Crippen molar-refractivity contribution in [2.24, 2.45) is 0 Å². The zero-order valence-electron chi connectivity index (χ0n) is 5.10. The van der Waals surface area contributed by atoms with Crippen molar-refractivity contribution < 1.29 is 0 Å². The fourth-order valence-electron chi connectivity index (χ4n) is 0.789. The second kappa shape index (κ2) is 1.66. The van der Waals surface area contributed by atoms with E-state index in [1.807, 2.05) is 0 Å². The van der Waals surface area contributed by atoms with E-state index >= 15 is 0 Å². The first kappa shape index (κ1) is 5.16. The summed E-state index contributed by atoms with van der Waals surface area (Å²) < 4.78 is 0. The highest BCUT2D eigenvalue weighted by atomic mass is 15.5. The van der Waals surface area contributed by atoms with Crippen molar-refractivity contribution in [1.29, 1.82) is 0 Å². The average Bonchev–Trinajstić information content (AvgIpc) is 2.27. The minimum absolute atomic E-state index is 0.623. The number of nitrogen functional groups attached to an aromatic ring is 1. The van der Waals surface area contributed by atoms with Gasteiger partial charge in [0, 0.05) is 6.20 Å². The molecule has 0 aliphatic heterocycles. The topological polar surface area (TPSA) is 69.6 Å². The number of fused-ring (bicyclic) bond motifs is 1. The Morgan fingerprint density at radius 2 is 2.40 bits per heavy atom. The van der Waals surface area contributed by atoms with Gasteiger partial charge >= 0.3 is 0 Å². The third-order valence-corrected chi connectivity index (χ3v) is 1.20. The van der Waals surface area contributed by atoms with Gasteiger partial charge in [-0.05, 0) is 0 Å². The molecule has 0 bridgehead atoms. The Hall–Kier alpha value is -1.65. The summed E-state index contributed by atoms with van der Waals surface area (Å²) in [6.07, 6.45) is 4.77. The first-order valence-electron chi connectivity index (χ1n) is 2.77. The monoisotopic (exact) mass is 135 g/mol. The standard InChI is InChI=1S/C5H5N5/c6-10-2-4-1-7-3-8-5(4)9-10/h1-3H,6H2. The van der Waals surface area contributed by atoms with E-state index in [0.717, 1.165) is 5.39 Å². The summed E-state index contributed by atoms with van der Waals surface area (Å²) in [6, 6.07) is 0. The molecule has 0 aliphatic rings. The Labute approximate surface area is 56.5 Å². The van der Waals surface area contributed by atoms with Gasteiger partial charge in [-0.15, -0.1) is 5.10 Å². The maximum absolute atomic E-state index is 5.33. The van der Waals surface area contributed by atoms with Gasteiger partial charge in [0.2, 0.25) is 0 Å². The summed E-state index contributed by atoms with van der Waals surface area (Å²) >= 11 is 0. The number of nitrogens with zero attached hydrogens (tertiary/aromatic N) is 4. The molecule has 2 heterocycles. The van der Waals surface area contributed by atoms with Crippen LogP contribution >= 0.6 is 0 Å². The van der Waals surface area contributed by atoms with Crippen LogP contribution in [0, 0.1) is 0 Å². The molecule has 5 nitrogen and oxygen atoms in total. The van der Waals surface area contributed by atoms with Crippen LogP contribution in [0.4, 0.5) is 0 Å². The lowest BCUT2D eigenvalue weighted by atomic mass is 10.5. The molecular formula is C5H5N5. The van der Waals surface area contributed by atoms with Crippen molar-refractivity contribution in [3.63, 3.8) is 0 Å². The molecule has 0 saturated heterocycles. The van der Waals surface area contributed by atoms with E-state index in [2.05, 4.69) is 15.1 Å². The van der Waals surface area contributed by atoms with Crippen LogP contribution in [-0.2, 0) is 0 Å². The van der Waals surface area contributed by atoms with Gasteiger partial charge in [-0.3, -0.25) is 0 Å². The van der Waals surface area contributed by atoms with Crippen LogP contribution in [0.15, 0.2) is 18.7 Å². The summed E-state index contributed by atoms with van der Waals surface area (Å²) in [6.45, 7) is 0. The van der Waals surface area contributed by atoms with E-state index in [9.17, 15) is 0 Å². The van der Waals surface area contributed by atoms with E-state index < -0.39 is 0 Å². The fraction of sp³-hybridized carbons (Fsp3) is 0. The summed E-state index contributed by atoms with van der Waals surface area (Å²) in [5.41, 5.74) is 0.623. The minimum Gasteiger partial charge on any atom is -0.323 e. The quantitative estimate of drug-likeness (QED) is 0.496. The molecule has 0 atom stereocenters. The van der Waals surface area contributed by atoms with Crippen LogP contribution in [0.3, 0.4) is 0 Å². The van der Waals surface area contributed by atoms with Crippen molar-refractivity contribution >= 4 is 11.0 Å². The van der Waals surface area contributed by atoms with Crippen LogP contribution < -0.4 is 5.84 Å². The second-order valence-electron chi connectivity index (χ2n) is 1.91. The lowest BCUT2D eigenvalue weighted by molar-refractivity contribution is 0.841. The molecule has 0 saturated carbocycles. The van der Waals surface area contributed by atoms with Crippen molar-refractivity contribution in [2.45, 2.75) is 0 Å². The normalized spacial score (nSPS) is 10.4. The third-order valence-electron chi connectivity index (χ3n) is 1.20. The summed E-state index contributed by atoms with van der Waals surface area (Å²) in [5, 5.41) is 4.71. The first-order valence-corrected chi connectivity index (χ1v) is 2.77. The summed E-state index contributed by atoms with van der Waals surface area (Å²) in [5.74, 6) is 5.33. The Morgan fingerprint density at radius 3 is 3.20 bits per heavy atom. The van der Waals surface area contributed by atoms with Crippen LogP contribution in [-0.4, -0.2) is 19.9 Å². The lowest BCUT2D eigenvalue weighted by Gasteiger charge is -1.80. The number of hydrogen-bond acceptors (Lipinski definition) is 4. The molecule has 0 spiro atoms. The Morgan fingerprint density at radius 1 is 1.50 bits per heavy atom. The van der Waals surface area contributed by atoms with Crippen molar-refractivity contribution in [1.82, 2.24) is 19.9 Å². The van der Waals surface area contributed by atoms with Crippen molar-refractivity contribution in [3.8, 4) is 0 Å². The SMILES string of the molecule is Nn1cc2cncnc2n1. The predicted octanol–water partition coefficient (Wildman–Crippen LogP) is -0.460. The molecule has 0 aliphatic carbocycles. The van der Waals surface area contributed by atoms with Crippen LogP contribution in [0.5, 0.6) is 0 Å². The van der Waals surface area contributed by atoms with Gasteiger partial charge in [0.1, 0.15) is 6.33 Å². The van der Waals surface area contributed by atoms with E-state index in [-0.39, 0.29) is 0 Å². The molecule has 5 heteroatoms. The molecule has 50 valence electrons. The Kier molecular flexibility index (Phi) is 0.858. The highest BCUT2D eigenvalue weighted by Crippen LogP contribution is 2.02. The van der Waals surface area contributed by atoms with Gasteiger partial charge in [-0.2, -0.15) is 4.79 Å². The van der Waals surface area contributed by atoms with Gasteiger partial charge in [-0.1, -0.05) is 0 Å². The molecular weight excluding hydrogens is 130 g/mol. The number of hydrogen-bond donors (Lipinski definition) is 1. The van der Waals surface area contributed by atoms with Crippen LogP contribution in [0.25, 0.3) is 11.0 Å². The maximum Gasteiger partial charge on any atom is 0.186 e. The number of nitrogens with two attached hydrogens (primary N) is 1. The smallest absolute Gasteiger partial charge is 0.186 e. The average molecular weight is 135 g/mol. The molecule has 2 N–H and O–H groups in total. The zero-order chi connectivity index (χ0) is 6.97. The highest BCUT2D eigenvalue weighted by Gasteiger charge is 1.96. The van der Waals surface area contributed by atoms with Crippen molar-refractivity contribution in [2.75, 3.05) is 5.84 Å². The Balaban J connectivity index is 2.88.